The topological polar surface area (TPSA) is 132 Å². The van der Waals surface area contributed by atoms with E-state index in [9.17, 15) is 13.2 Å². The van der Waals surface area contributed by atoms with Gasteiger partial charge in [-0.3, -0.25) is 4.79 Å². The summed E-state index contributed by atoms with van der Waals surface area (Å²) in [5.41, 5.74) is 5.64. The lowest BCUT2D eigenvalue weighted by Gasteiger charge is -2.33. The molecule has 1 aromatic carbocycles. The molecule has 1 amide bonds. The summed E-state index contributed by atoms with van der Waals surface area (Å²) >= 11 is 0. The highest BCUT2D eigenvalue weighted by Crippen LogP contribution is 2.38. The lowest BCUT2D eigenvalue weighted by Crippen LogP contribution is -2.42. The molecule has 11 heteroatoms. The number of carbonyl (C=O) groups excluding carboxylic acids is 1. The van der Waals surface area contributed by atoms with Gasteiger partial charge < -0.3 is 15.4 Å². The SMILES string of the molecule is CC(C)(C)COc1ccn(-c2ccc(C(=O)NS(=O)(=O)c3ccccc3)c(N3C[C@](C)(N)CC3(C)C)n2)n1. The smallest absolute Gasteiger partial charge is 0.268 e. The molecule has 3 N–H and O–H groups in total. The third-order valence-electron chi connectivity index (χ3n) is 6.18. The van der Waals surface area contributed by atoms with E-state index in [1.807, 2.05) is 25.7 Å². The van der Waals surface area contributed by atoms with Crippen LogP contribution in [0, 0.1) is 5.41 Å². The number of benzene rings is 1. The quantitative estimate of drug-likeness (QED) is 0.465. The molecule has 1 fully saturated rings. The van der Waals surface area contributed by atoms with Gasteiger partial charge in [-0.05, 0) is 56.9 Å². The second kappa shape index (κ2) is 9.70. The van der Waals surface area contributed by atoms with E-state index in [4.69, 9.17) is 15.5 Å². The van der Waals surface area contributed by atoms with Crippen LogP contribution in [-0.2, 0) is 10.0 Å². The maximum atomic E-state index is 13.4. The van der Waals surface area contributed by atoms with Gasteiger partial charge in [-0.25, -0.2) is 22.8 Å². The molecule has 1 atom stereocenters. The van der Waals surface area contributed by atoms with Crippen molar-refractivity contribution < 1.29 is 17.9 Å². The van der Waals surface area contributed by atoms with Gasteiger partial charge in [0, 0.05) is 29.9 Å². The zero-order valence-electron chi connectivity index (χ0n) is 22.7. The van der Waals surface area contributed by atoms with Crippen molar-refractivity contribution in [3.63, 3.8) is 0 Å². The monoisotopic (exact) mass is 540 g/mol. The normalized spacial score (nSPS) is 19.4. The first-order chi connectivity index (χ1) is 17.6. The summed E-state index contributed by atoms with van der Waals surface area (Å²) in [6.45, 7) is 13.1. The van der Waals surface area contributed by atoms with E-state index in [0.29, 0.717) is 37.1 Å². The number of amides is 1. The van der Waals surface area contributed by atoms with Gasteiger partial charge >= 0.3 is 0 Å². The van der Waals surface area contributed by atoms with Gasteiger partial charge in [-0.15, -0.1) is 5.10 Å². The fourth-order valence-corrected chi connectivity index (χ4v) is 5.65. The van der Waals surface area contributed by atoms with Crippen molar-refractivity contribution in [2.24, 2.45) is 11.1 Å². The number of aromatic nitrogens is 3. The van der Waals surface area contributed by atoms with Crippen molar-refractivity contribution in [3.05, 3.63) is 60.3 Å². The predicted molar refractivity (Wildman–Crippen MR) is 146 cm³/mol. The number of anilines is 1. The summed E-state index contributed by atoms with van der Waals surface area (Å²) in [7, 11) is -4.08. The molecule has 4 rings (SSSR count). The molecule has 0 saturated carbocycles. The van der Waals surface area contributed by atoms with Gasteiger partial charge in [-0.2, -0.15) is 0 Å². The Bertz CT molecular complexity index is 1430. The van der Waals surface area contributed by atoms with E-state index in [-0.39, 0.29) is 15.9 Å². The second-order valence-electron chi connectivity index (χ2n) is 12.0. The molecule has 38 heavy (non-hydrogen) atoms. The van der Waals surface area contributed by atoms with E-state index in [1.54, 1.807) is 47.3 Å². The van der Waals surface area contributed by atoms with Gasteiger partial charge in [-0.1, -0.05) is 39.0 Å². The number of hydrogen-bond acceptors (Lipinski definition) is 8. The second-order valence-corrected chi connectivity index (χ2v) is 13.6. The van der Waals surface area contributed by atoms with Crippen LogP contribution in [0.25, 0.3) is 5.82 Å². The highest BCUT2D eigenvalue weighted by Gasteiger charge is 2.45. The largest absolute Gasteiger partial charge is 0.476 e. The number of nitrogens with two attached hydrogens (primary N) is 1. The molecular formula is C27H36N6O4S. The molecule has 10 nitrogen and oxygen atoms in total. The number of pyridine rings is 1. The molecule has 1 saturated heterocycles. The van der Waals surface area contributed by atoms with Crippen molar-refractivity contribution >= 4 is 21.7 Å². The standard InChI is InChI=1S/C27H36N6O4S/c1-25(2,3)18-37-22-14-15-33(30-22)21-13-12-20(23(29-21)32-17-27(6,28)16-26(32,4)5)24(34)31-38(35,36)19-10-8-7-9-11-19/h7-15H,16-18,28H2,1-6H3,(H,31,34)/t27-/m1/s1. The Morgan fingerprint density at radius 2 is 1.79 bits per heavy atom. The summed E-state index contributed by atoms with van der Waals surface area (Å²) in [6.07, 6.45) is 2.38. The fraction of sp³-hybridized carbons (Fsp3) is 0.444. The molecule has 0 radical (unpaired) electrons. The third kappa shape index (κ3) is 6.16. The number of ether oxygens (including phenoxy) is 1. The zero-order chi connectivity index (χ0) is 27.9. The lowest BCUT2D eigenvalue weighted by atomic mass is 9.93. The summed E-state index contributed by atoms with van der Waals surface area (Å²) < 4.78 is 35.3. The molecule has 2 aromatic heterocycles. The van der Waals surface area contributed by atoms with Crippen molar-refractivity contribution in [2.75, 3.05) is 18.1 Å². The minimum atomic E-state index is -4.08. The van der Waals surface area contributed by atoms with Gasteiger partial charge in [0.1, 0.15) is 5.82 Å². The Balaban J connectivity index is 1.72. The van der Waals surface area contributed by atoms with Crippen molar-refractivity contribution in [1.29, 1.82) is 0 Å². The number of nitrogens with zero attached hydrogens (tertiary/aromatic N) is 4. The average Bonchev–Trinajstić information content (AvgIpc) is 3.38. The van der Waals surface area contributed by atoms with Crippen LogP contribution in [-0.4, -0.2) is 53.3 Å². The summed E-state index contributed by atoms with van der Waals surface area (Å²) in [5, 5.41) is 4.48. The highest BCUT2D eigenvalue weighted by atomic mass is 32.2. The molecule has 3 aromatic rings. The Kier molecular flexibility index (Phi) is 7.04. The molecule has 1 aliphatic rings. The summed E-state index contributed by atoms with van der Waals surface area (Å²) in [5.74, 6) is 0.457. The minimum Gasteiger partial charge on any atom is -0.476 e. The number of rotatable bonds is 7. The highest BCUT2D eigenvalue weighted by molar-refractivity contribution is 7.90. The summed E-state index contributed by atoms with van der Waals surface area (Å²) in [4.78, 5) is 20.1. The van der Waals surface area contributed by atoms with E-state index < -0.39 is 27.0 Å². The zero-order valence-corrected chi connectivity index (χ0v) is 23.5. The number of hydrogen-bond donors (Lipinski definition) is 2. The fourth-order valence-electron chi connectivity index (χ4n) is 4.66. The predicted octanol–water partition coefficient (Wildman–Crippen LogP) is 3.52. The van der Waals surface area contributed by atoms with E-state index in [0.717, 1.165) is 0 Å². The Hall–Kier alpha value is -3.44. The van der Waals surface area contributed by atoms with Crippen LogP contribution >= 0.6 is 0 Å². The Labute approximate surface area is 224 Å². The third-order valence-corrected chi connectivity index (χ3v) is 7.53. The Morgan fingerprint density at radius 1 is 1.11 bits per heavy atom. The molecule has 204 valence electrons. The van der Waals surface area contributed by atoms with Gasteiger partial charge in [0.2, 0.25) is 5.88 Å². The van der Waals surface area contributed by atoms with Crippen LogP contribution in [0.5, 0.6) is 5.88 Å². The maximum absolute atomic E-state index is 13.4. The first-order valence-electron chi connectivity index (χ1n) is 12.5. The first-order valence-corrected chi connectivity index (χ1v) is 13.9. The van der Waals surface area contributed by atoms with Crippen LogP contribution in [0.4, 0.5) is 5.82 Å². The first kappa shape index (κ1) is 27.6. The van der Waals surface area contributed by atoms with Crippen molar-refractivity contribution in [3.8, 4) is 11.7 Å². The van der Waals surface area contributed by atoms with Crippen LogP contribution in [0.2, 0.25) is 0 Å². The minimum absolute atomic E-state index is 0.00478. The summed E-state index contributed by atoms with van der Waals surface area (Å²) in [6, 6.07) is 12.7. The van der Waals surface area contributed by atoms with E-state index in [2.05, 4.69) is 30.6 Å². The lowest BCUT2D eigenvalue weighted by molar-refractivity contribution is 0.0981. The van der Waals surface area contributed by atoms with Crippen LogP contribution in [0.3, 0.4) is 0 Å². The van der Waals surface area contributed by atoms with E-state index in [1.165, 1.54) is 12.1 Å². The number of sulfonamides is 1. The van der Waals surface area contributed by atoms with Gasteiger partial charge in [0.05, 0.1) is 17.1 Å². The van der Waals surface area contributed by atoms with Crippen LogP contribution in [0.15, 0.2) is 59.6 Å². The molecule has 1 aliphatic heterocycles. The van der Waals surface area contributed by atoms with Crippen molar-refractivity contribution in [1.82, 2.24) is 19.5 Å². The van der Waals surface area contributed by atoms with E-state index >= 15 is 0 Å². The average molecular weight is 541 g/mol. The molecule has 0 aliphatic carbocycles. The maximum Gasteiger partial charge on any atom is 0.268 e. The van der Waals surface area contributed by atoms with Crippen LogP contribution < -0.4 is 20.1 Å². The van der Waals surface area contributed by atoms with Crippen LogP contribution in [0.1, 0.15) is 58.3 Å². The van der Waals surface area contributed by atoms with Gasteiger partial charge in [0.15, 0.2) is 5.82 Å². The molecule has 0 bridgehead atoms. The Morgan fingerprint density at radius 3 is 2.39 bits per heavy atom. The van der Waals surface area contributed by atoms with Crippen molar-refractivity contribution in [2.45, 2.75) is 63.9 Å². The van der Waals surface area contributed by atoms with Gasteiger partial charge in [0.25, 0.3) is 15.9 Å². The molecule has 0 unspecified atom stereocenters. The molecule has 3 heterocycles. The number of nitrogens with one attached hydrogen (secondary N) is 1. The molecule has 0 spiro atoms. The molecular weight excluding hydrogens is 504 g/mol. The number of carbonyl (C=O) groups is 1.